The summed E-state index contributed by atoms with van der Waals surface area (Å²) in [4.78, 5) is 25.8. The molecule has 2 saturated heterocycles. The molecule has 0 aromatic heterocycles. The van der Waals surface area contributed by atoms with E-state index in [1.807, 2.05) is 6.07 Å². The van der Waals surface area contributed by atoms with Gasteiger partial charge in [0.15, 0.2) is 6.29 Å². The van der Waals surface area contributed by atoms with Crippen molar-refractivity contribution in [2.45, 2.75) is 24.9 Å². The first-order valence-corrected chi connectivity index (χ1v) is 6.99. The quantitative estimate of drug-likeness (QED) is 0.851. The Kier molecular flexibility index (Phi) is 3.30. The van der Waals surface area contributed by atoms with Gasteiger partial charge in [-0.25, -0.2) is 4.79 Å². The third-order valence-electron chi connectivity index (χ3n) is 4.18. The fraction of sp³-hybridized carbons (Fsp3) is 0.429. The number of amides is 1. The van der Waals surface area contributed by atoms with Crippen molar-refractivity contribution >= 4 is 29.7 Å². The number of benzene rings is 1. The molecule has 1 N–H and O–H groups in total. The van der Waals surface area contributed by atoms with Crippen LogP contribution in [-0.2, 0) is 0 Å². The normalized spacial score (nSPS) is 24.9. The molecule has 2 atom stereocenters. The number of halogens is 1. The summed E-state index contributed by atoms with van der Waals surface area (Å²) >= 11 is 6.05. The summed E-state index contributed by atoms with van der Waals surface area (Å²) in [6.07, 6.45) is 1.73. The fourth-order valence-corrected chi connectivity index (χ4v) is 3.45. The maximum absolute atomic E-state index is 11.2. The molecule has 5 nitrogen and oxygen atoms in total. The van der Waals surface area contributed by atoms with Crippen LogP contribution in [0, 0.1) is 0 Å². The molecule has 1 aromatic carbocycles. The van der Waals surface area contributed by atoms with E-state index in [1.165, 1.54) is 0 Å². The highest BCUT2D eigenvalue weighted by molar-refractivity contribution is 6.33. The second-order valence-corrected chi connectivity index (χ2v) is 5.71. The summed E-state index contributed by atoms with van der Waals surface area (Å²) in [6.45, 7) is 1.36. The number of piperazine rings is 1. The van der Waals surface area contributed by atoms with Gasteiger partial charge >= 0.3 is 6.09 Å². The molecule has 1 aromatic rings. The van der Waals surface area contributed by atoms with Crippen molar-refractivity contribution in [2.24, 2.45) is 0 Å². The zero-order valence-corrected chi connectivity index (χ0v) is 11.6. The van der Waals surface area contributed by atoms with Crippen LogP contribution >= 0.6 is 11.6 Å². The fourth-order valence-electron chi connectivity index (χ4n) is 3.23. The van der Waals surface area contributed by atoms with Crippen molar-refractivity contribution < 1.29 is 14.7 Å². The van der Waals surface area contributed by atoms with Crippen LogP contribution in [0.15, 0.2) is 18.2 Å². The first kappa shape index (κ1) is 13.2. The van der Waals surface area contributed by atoms with Crippen LogP contribution in [0.1, 0.15) is 23.2 Å². The minimum Gasteiger partial charge on any atom is -0.465 e. The summed E-state index contributed by atoms with van der Waals surface area (Å²) in [5.74, 6) is 0. The zero-order valence-electron chi connectivity index (χ0n) is 10.8. The standard InChI is InChI=1S/C14H15ClN2O3/c15-13-5-10(2-1-9(13)8-18)16-6-11-3-4-12(7-16)17(11)14(19)20/h1-2,5,8,11-12H,3-4,6-7H2,(H,19,20). The van der Waals surface area contributed by atoms with E-state index in [1.54, 1.807) is 17.0 Å². The Morgan fingerprint density at radius 3 is 2.45 bits per heavy atom. The predicted molar refractivity (Wildman–Crippen MR) is 75.7 cm³/mol. The lowest BCUT2D eigenvalue weighted by molar-refractivity contribution is 0.111. The van der Waals surface area contributed by atoms with Gasteiger partial charge in [-0.3, -0.25) is 9.69 Å². The summed E-state index contributed by atoms with van der Waals surface area (Å²) < 4.78 is 0. The van der Waals surface area contributed by atoms with Crippen LogP contribution < -0.4 is 4.90 Å². The molecule has 2 heterocycles. The van der Waals surface area contributed by atoms with Crippen molar-refractivity contribution in [1.29, 1.82) is 0 Å². The van der Waals surface area contributed by atoms with Crippen LogP contribution in [0.25, 0.3) is 0 Å². The van der Waals surface area contributed by atoms with E-state index in [9.17, 15) is 14.7 Å². The number of carbonyl (C=O) groups is 2. The van der Waals surface area contributed by atoms with Gasteiger partial charge in [-0.2, -0.15) is 0 Å². The summed E-state index contributed by atoms with van der Waals surface area (Å²) in [5, 5.41) is 9.67. The highest BCUT2D eigenvalue weighted by Crippen LogP contribution is 2.33. The van der Waals surface area contributed by atoms with Crippen molar-refractivity contribution in [1.82, 2.24) is 4.90 Å². The number of carboxylic acid groups (broad SMARTS) is 1. The molecular weight excluding hydrogens is 280 g/mol. The zero-order chi connectivity index (χ0) is 14.3. The van der Waals surface area contributed by atoms with Gasteiger partial charge in [-0.15, -0.1) is 0 Å². The Balaban J connectivity index is 1.82. The molecule has 2 aliphatic rings. The number of hydrogen-bond acceptors (Lipinski definition) is 3. The second-order valence-electron chi connectivity index (χ2n) is 5.30. The SMILES string of the molecule is O=Cc1ccc(N2CC3CCC(C2)N3C(=O)O)cc1Cl. The maximum Gasteiger partial charge on any atom is 0.407 e. The van der Waals surface area contributed by atoms with E-state index in [0.29, 0.717) is 23.7 Å². The summed E-state index contributed by atoms with van der Waals surface area (Å²) in [6, 6.07) is 5.45. The molecule has 0 aliphatic carbocycles. The number of anilines is 1. The Hall–Kier alpha value is -1.75. The number of hydrogen-bond donors (Lipinski definition) is 1. The third-order valence-corrected chi connectivity index (χ3v) is 4.51. The Morgan fingerprint density at radius 2 is 1.95 bits per heavy atom. The van der Waals surface area contributed by atoms with Gasteiger partial charge < -0.3 is 10.0 Å². The molecule has 2 unspecified atom stereocenters. The van der Waals surface area contributed by atoms with Gasteiger partial charge in [0, 0.05) is 24.3 Å². The smallest absolute Gasteiger partial charge is 0.407 e. The minimum absolute atomic E-state index is 0.0516. The molecular formula is C14H15ClN2O3. The van der Waals surface area contributed by atoms with E-state index >= 15 is 0 Å². The van der Waals surface area contributed by atoms with Gasteiger partial charge in [0.2, 0.25) is 0 Å². The van der Waals surface area contributed by atoms with Crippen LogP contribution in [0.3, 0.4) is 0 Å². The van der Waals surface area contributed by atoms with Crippen LogP contribution in [0.5, 0.6) is 0 Å². The van der Waals surface area contributed by atoms with E-state index in [4.69, 9.17) is 11.6 Å². The highest BCUT2D eigenvalue weighted by Gasteiger charge is 2.42. The maximum atomic E-state index is 11.2. The van der Waals surface area contributed by atoms with Crippen molar-refractivity contribution in [2.75, 3.05) is 18.0 Å². The van der Waals surface area contributed by atoms with E-state index < -0.39 is 6.09 Å². The number of nitrogens with zero attached hydrogens (tertiary/aromatic N) is 2. The molecule has 0 spiro atoms. The molecule has 3 rings (SSSR count). The molecule has 106 valence electrons. The van der Waals surface area contributed by atoms with E-state index in [0.717, 1.165) is 24.8 Å². The average molecular weight is 295 g/mol. The highest BCUT2D eigenvalue weighted by atomic mass is 35.5. The monoisotopic (exact) mass is 294 g/mol. The molecule has 6 heteroatoms. The minimum atomic E-state index is -0.827. The number of carbonyl (C=O) groups excluding carboxylic acids is 1. The lowest BCUT2D eigenvalue weighted by atomic mass is 10.1. The number of rotatable bonds is 2. The van der Waals surface area contributed by atoms with Gasteiger partial charge in [-0.05, 0) is 31.0 Å². The van der Waals surface area contributed by atoms with Crippen LogP contribution in [-0.4, -0.2) is 47.6 Å². The van der Waals surface area contributed by atoms with Gasteiger partial charge in [0.05, 0.1) is 17.1 Å². The first-order chi connectivity index (χ1) is 9.60. The number of fused-ring (bicyclic) bond motifs is 2. The molecule has 0 saturated carbocycles. The topological polar surface area (TPSA) is 60.9 Å². The molecule has 0 radical (unpaired) electrons. The number of aldehydes is 1. The van der Waals surface area contributed by atoms with Crippen LogP contribution in [0.2, 0.25) is 5.02 Å². The van der Waals surface area contributed by atoms with Gasteiger partial charge in [0.25, 0.3) is 0 Å². The lowest BCUT2D eigenvalue weighted by Crippen LogP contribution is -2.55. The van der Waals surface area contributed by atoms with Gasteiger partial charge in [0.1, 0.15) is 0 Å². The lowest BCUT2D eigenvalue weighted by Gasteiger charge is -2.40. The molecule has 2 fully saturated rings. The van der Waals surface area contributed by atoms with E-state index in [2.05, 4.69) is 4.90 Å². The molecule has 2 aliphatic heterocycles. The van der Waals surface area contributed by atoms with Gasteiger partial charge in [-0.1, -0.05) is 11.6 Å². The van der Waals surface area contributed by atoms with Crippen LogP contribution in [0.4, 0.5) is 10.5 Å². The first-order valence-electron chi connectivity index (χ1n) is 6.61. The van der Waals surface area contributed by atoms with E-state index in [-0.39, 0.29) is 12.1 Å². The Labute approximate surface area is 121 Å². The summed E-state index contributed by atoms with van der Waals surface area (Å²) in [5.41, 5.74) is 1.42. The molecule has 1 amide bonds. The second kappa shape index (κ2) is 4.98. The van der Waals surface area contributed by atoms with Crippen molar-refractivity contribution in [3.8, 4) is 0 Å². The molecule has 20 heavy (non-hydrogen) atoms. The Bertz CT molecular complexity index is 549. The third kappa shape index (κ3) is 2.12. The molecule has 2 bridgehead atoms. The predicted octanol–water partition coefficient (Wildman–Crippen LogP) is 2.48. The largest absolute Gasteiger partial charge is 0.465 e. The van der Waals surface area contributed by atoms with Crippen molar-refractivity contribution in [3.05, 3.63) is 28.8 Å². The summed E-state index contributed by atoms with van der Waals surface area (Å²) in [7, 11) is 0. The average Bonchev–Trinajstić information content (AvgIpc) is 2.70. The Morgan fingerprint density at radius 1 is 1.30 bits per heavy atom. The van der Waals surface area contributed by atoms with Crippen molar-refractivity contribution in [3.63, 3.8) is 0 Å².